The highest BCUT2D eigenvalue weighted by molar-refractivity contribution is 5.05. The Morgan fingerprint density at radius 2 is 2.43 bits per heavy atom. The zero-order chi connectivity index (χ0) is 9.97. The molecule has 3 heteroatoms. The quantitative estimate of drug-likeness (QED) is 0.729. The molecule has 1 heterocycles. The van der Waals surface area contributed by atoms with Crippen molar-refractivity contribution in [2.75, 3.05) is 7.11 Å². The summed E-state index contributed by atoms with van der Waals surface area (Å²) in [7, 11) is 1.69. The summed E-state index contributed by atoms with van der Waals surface area (Å²) >= 11 is 0. The fraction of sp³-hybridized carbons (Fsp3) is 0.636. The molecule has 0 N–H and O–H groups in total. The molecule has 1 radical (unpaired) electrons. The minimum atomic E-state index is 0.0344. The molecule has 75 valence electrons. The Balaban J connectivity index is 2.08. The van der Waals surface area contributed by atoms with Gasteiger partial charge >= 0.3 is 0 Å². The lowest BCUT2D eigenvalue weighted by atomic mass is 10.2. The van der Waals surface area contributed by atoms with Crippen LogP contribution in [0.4, 0.5) is 0 Å². The van der Waals surface area contributed by atoms with E-state index in [0.717, 1.165) is 23.9 Å². The normalized spacial score (nSPS) is 18.1. The number of aromatic nitrogens is 2. The van der Waals surface area contributed by atoms with Crippen molar-refractivity contribution in [1.82, 2.24) is 9.97 Å². The number of nitrogens with zero attached hydrogens (tertiary/aromatic N) is 2. The molecule has 0 amide bonds. The van der Waals surface area contributed by atoms with E-state index < -0.39 is 0 Å². The first-order valence-corrected chi connectivity index (χ1v) is 5.06. The van der Waals surface area contributed by atoms with Crippen molar-refractivity contribution in [2.45, 2.75) is 32.3 Å². The fourth-order valence-corrected chi connectivity index (χ4v) is 1.38. The highest BCUT2D eigenvalue weighted by Crippen LogP contribution is 2.31. The second kappa shape index (κ2) is 4.05. The maximum Gasteiger partial charge on any atom is 0.129 e. The molecule has 0 aliphatic heterocycles. The number of ether oxygens (including phenoxy) is 1. The Kier molecular flexibility index (Phi) is 2.77. The van der Waals surface area contributed by atoms with E-state index in [1.807, 2.05) is 6.92 Å². The summed E-state index contributed by atoms with van der Waals surface area (Å²) in [5.74, 6) is 1.73. The lowest BCUT2D eigenvalue weighted by Gasteiger charge is -2.08. The molecule has 14 heavy (non-hydrogen) atoms. The van der Waals surface area contributed by atoms with E-state index >= 15 is 0 Å². The molecule has 2 rings (SSSR count). The predicted octanol–water partition coefficient (Wildman–Crippen LogP) is 1.94. The van der Waals surface area contributed by atoms with Gasteiger partial charge in [0.05, 0.1) is 18.0 Å². The van der Waals surface area contributed by atoms with E-state index in [1.165, 1.54) is 12.8 Å². The molecule has 1 unspecified atom stereocenters. The standard InChI is InChI=1S/C11H15N2O/c1-8(14-2)10-5-6-12-11(13-10)7-9-3-4-9/h5,8-9H,3-4,7H2,1-2H3. The van der Waals surface area contributed by atoms with E-state index in [9.17, 15) is 0 Å². The molecule has 0 spiro atoms. The van der Waals surface area contributed by atoms with Gasteiger partial charge < -0.3 is 4.74 Å². The summed E-state index contributed by atoms with van der Waals surface area (Å²) in [5, 5.41) is 0. The topological polar surface area (TPSA) is 35.0 Å². The van der Waals surface area contributed by atoms with Crippen LogP contribution in [0.15, 0.2) is 6.07 Å². The van der Waals surface area contributed by atoms with Crippen LogP contribution in [0.1, 0.15) is 37.4 Å². The first-order chi connectivity index (χ1) is 6.79. The first-order valence-electron chi connectivity index (χ1n) is 5.06. The molecule has 0 bridgehead atoms. The number of hydrogen-bond acceptors (Lipinski definition) is 3. The molecular formula is C11H15N2O. The number of hydrogen-bond donors (Lipinski definition) is 0. The predicted molar refractivity (Wildman–Crippen MR) is 52.7 cm³/mol. The van der Waals surface area contributed by atoms with Crippen LogP contribution in [0.25, 0.3) is 0 Å². The van der Waals surface area contributed by atoms with Gasteiger partial charge in [-0.2, -0.15) is 0 Å². The highest BCUT2D eigenvalue weighted by Gasteiger charge is 2.23. The van der Waals surface area contributed by atoms with E-state index in [1.54, 1.807) is 13.2 Å². The van der Waals surface area contributed by atoms with Crippen LogP contribution in [0, 0.1) is 12.1 Å². The Labute approximate surface area is 84.5 Å². The van der Waals surface area contributed by atoms with E-state index in [-0.39, 0.29) is 6.10 Å². The van der Waals surface area contributed by atoms with Crippen molar-refractivity contribution in [3.05, 3.63) is 23.8 Å². The molecule has 1 saturated carbocycles. The van der Waals surface area contributed by atoms with Crippen molar-refractivity contribution >= 4 is 0 Å². The molecule has 1 aliphatic carbocycles. The second-order valence-electron chi connectivity index (χ2n) is 3.86. The van der Waals surface area contributed by atoms with Crippen LogP contribution in [0.3, 0.4) is 0 Å². The molecule has 1 aromatic heterocycles. The van der Waals surface area contributed by atoms with Gasteiger partial charge in [0.2, 0.25) is 0 Å². The van der Waals surface area contributed by atoms with E-state index in [2.05, 4.69) is 16.2 Å². The average Bonchev–Trinajstić information content (AvgIpc) is 3.01. The third kappa shape index (κ3) is 2.29. The van der Waals surface area contributed by atoms with Gasteiger partial charge in [-0.3, -0.25) is 0 Å². The summed E-state index contributed by atoms with van der Waals surface area (Å²) < 4.78 is 5.20. The first kappa shape index (κ1) is 9.59. The van der Waals surface area contributed by atoms with Crippen LogP contribution in [0.2, 0.25) is 0 Å². The van der Waals surface area contributed by atoms with Gasteiger partial charge in [-0.1, -0.05) is 0 Å². The minimum absolute atomic E-state index is 0.0344. The highest BCUT2D eigenvalue weighted by atomic mass is 16.5. The monoisotopic (exact) mass is 191 g/mol. The molecule has 3 nitrogen and oxygen atoms in total. The van der Waals surface area contributed by atoms with Gasteiger partial charge in [-0.15, -0.1) is 0 Å². The van der Waals surface area contributed by atoms with E-state index in [0.29, 0.717) is 0 Å². The van der Waals surface area contributed by atoms with Gasteiger partial charge in [0.15, 0.2) is 0 Å². The van der Waals surface area contributed by atoms with Gasteiger partial charge in [0.1, 0.15) is 5.82 Å². The van der Waals surface area contributed by atoms with Crippen LogP contribution in [-0.4, -0.2) is 17.1 Å². The zero-order valence-corrected chi connectivity index (χ0v) is 8.66. The fourth-order valence-electron chi connectivity index (χ4n) is 1.38. The second-order valence-corrected chi connectivity index (χ2v) is 3.86. The zero-order valence-electron chi connectivity index (χ0n) is 8.66. The maximum absolute atomic E-state index is 5.20. The van der Waals surface area contributed by atoms with E-state index in [4.69, 9.17) is 4.74 Å². The van der Waals surface area contributed by atoms with Crippen molar-refractivity contribution in [3.63, 3.8) is 0 Å². The number of rotatable bonds is 4. The Morgan fingerprint density at radius 3 is 3.07 bits per heavy atom. The summed E-state index contributed by atoms with van der Waals surface area (Å²) in [4.78, 5) is 8.60. The third-order valence-electron chi connectivity index (χ3n) is 2.60. The molecule has 1 aliphatic rings. The van der Waals surface area contributed by atoms with Crippen LogP contribution in [-0.2, 0) is 11.2 Å². The number of methoxy groups -OCH3 is 1. The largest absolute Gasteiger partial charge is 0.375 e. The summed E-state index contributed by atoms with van der Waals surface area (Å²) in [5.41, 5.74) is 0.929. The molecular weight excluding hydrogens is 176 g/mol. The minimum Gasteiger partial charge on any atom is -0.375 e. The molecule has 1 aromatic rings. The summed E-state index contributed by atoms with van der Waals surface area (Å²) in [6.45, 7) is 1.98. The lowest BCUT2D eigenvalue weighted by Crippen LogP contribution is -2.04. The summed E-state index contributed by atoms with van der Waals surface area (Å²) in [6, 6.07) is 1.80. The molecule has 1 atom stereocenters. The smallest absolute Gasteiger partial charge is 0.129 e. The third-order valence-corrected chi connectivity index (χ3v) is 2.60. The van der Waals surface area contributed by atoms with Gasteiger partial charge in [-0.05, 0) is 31.7 Å². The average molecular weight is 191 g/mol. The summed E-state index contributed by atoms with van der Waals surface area (Å²) in [6.07, 6.45) is 6.57. The maximum atomic E-state index is 5.20. The van der Waals surface area contributed by atoms with Crippen molar-refractivity contribution in [2.24, 2.45) is 5.92 Å². The van der Waals surface area contributed by atoms with Crippen molar-refractivity contribution in [1.29, 1.82) is 0 Å². The molecule has 0 aromatic carbocycles. The van der Waals surface area contributed by atoms with Crippen LogP contribution < -0.4 is 0 Å². The Morgan fingerprint density at radius 1 is 1.64 bits per heavy atom. The SMILES string of the molecule is COC(C)c1c[c]nc(CC2CC2)n1. The van der Waals surface area contributed by atoms with Crippen LogP contribution in [0.5, 0.6) is 0 Å². The Hall–Kier alpha value is -0.960. The molecule has 0 saturated heterocycles. The lowest BCUT2D eigenvalue weighted by molar-refractivity contribution is 0.115. The van der Waals surface area contributed by atoms with Crippen molar-refractivity contribution < 1.29 is 4.74 Å². The van der Waals surface area contributed by atoms with Crippen LogP contribution >= 0.6 is 0 Å². The van der Waals surface area contributed by atoms with Gasteiger partial charge in [0.25, 0.3) is 0 Å². The van der Waals surface area contributed by atoms with Gasteiger partial charge in [0, 0.05) is 13.5 Å². The van der Waals surface area contributed by atoms with Crippen molar-refractivity contribution in [3.8, 4) is 0 Å². The molecule has 1 fully saturated rings. The Bertz CT molecular complexity index is 310. The van der Waals surface area contributed by atoms with Gasteiger partial charge in [-0.25, -0.2) is 9.97 Å².